The van der Waals surface area contributed by atoms with E-state index < -0.39 is 0 Å². The van der Waals surface area contributed by atoms with E-state index in [2.05, 4.69) is 20.8 Å². The average Bonchev–Trinajstić information content (AvgIpc) is 1.79. The molecule has 0 aliphatic rings. The van der Waals surface area contributed by atoms with Crippen molar-refractivity contribution >= 4 is 5.78 Å². The Kier molecular flexibility index (Phi) is 4.34. The maximum Gasteiger partial charge on any atom is 0.158 e. The highest BCUT2D eigenvalue weighted by atomic mass is 16.5. The van der Waals surface area contributed by atoms with E-state index in [1.165, 1.54) is 0 Å². The van der Waals surface area contributed by atoms with E-state index in [0.717, 1.165) is 0 Å². The van der Waals surface area contributed by atoms with Crippen LogP contribution in [0.3, 0.4) is 0 Å². The quantitative estimate of drug-likeness (QED) is 0.625. The summed E-state index contributed by atoms with van der Waals surface area (Å²) in [5.41, 5.74) is 0.0915. The normalized spacial score (nSPS) is 11.6. The highest BCUT2D eigenvalue weighted by Gasteiger charge is 2.15. The van der Waals surface area contributed by atoms with Crippen molar-refractivity contribution in [2.24, 2.45) is 5.41 Å². The third kappa shape index (κ3) is 7.53. The third-order valence-electron chi connectivity index (χ3n) is 1.19. The summed E-state index contributed by atoms with van der Waals surface area (Å²) in [5.74, 6) is 0.194. The van der Waals surface area contributed by atoms with E-state index in [0.29, 0.717) is 13.0 Å². The van der Waals surface area contributed by atoms with Crippen molar-refractivity contribution in [1.82, 2.24) is 0 Å². The van der Waals surface area contributed by atoms with E-state index in [1.807, 2.05) is 6.92 Å². The largest absolute Gasteiger partial charge is 0.374 e. The molecule has 0 radical (unpaired) electrons. The molecule has 0 unspecified atom stereocenters. The van der Waals surface area contributed by atoms with Gasteiger partial charge < -0.3 is 4.74 Å². The molecule has 0 fully saturated rings. The average molecular weight is 158 g/mol. The molecule has 2 nitrogen and oxygen atoms in total. The number of rotatable bonds is 4. The van der Waals surface area contributed by atoms with Crippen LogP contribution in [0.5, 0.6) is 0 Å². The van der Waals surface area contributed by atoms with Gasteiger partial charge in [0.2, 0.25) is 0 Å². The fourth-order valence-corrected chi connectivity index (χ4v) is 0.858. The molecule has 0 saturated heterocycles. The molecule has 2 heteroatoms. The highest BCUT2D eigenvalue weighted by Crippen LogP contribution is 2.18. The standard InChI is InChI=1S/C9H18O2/c1-5-11-7-8(10)6-9(2,3)4/h5-7H2,1-4H3. The van der Waals surface area contributed by atoms with Crippen LogP contribution < -0.4 is 0 Å². The second kappa shape index (κ2) is 4.50. The molecule has 66 valence electrons. The van der Waals surface area contributed by atoms with Crippen LogP contribution in [0.2, 0.25) is 0 Å². The summed E-state index contributed by atoms with van der Waals surface area (Å²) in [5, 5.41) is 0. The molecule has 0 spiro atoms. The Hall–Kier alpha value is -0.370. The van der Waals surface area contributed by atoms with Crippen LogP contribution in [0.15, 0.2) is 0 Å². The fraction of sp³-hybridized carbons (Fsp3) is 0.889. The Labute approximate surface area is 68.9 Å². The van der Waals surface area contributed by atoms with Crippen LogP contribution in [0, 0.1) is 5.41 Å². The Morgan fingerprint density at radius 1 is 1.36 bits per heavy atom. The number of ketones is 1. The number of Topliss-reactive ketones (excluding diaryl/α,β-unsaturated/α-hetero) is 1. The highest BCUT2D eigenvalue weighted by molar-refractivity contribution is 5.80. The molecule has 0 aromatic heterocycles. The SMILES string of the molecule is CCOCC(=O)CC(C)(C)C. The molecule has 0 bridgehead atoms. The lowest BCUT2D eigenvalue weighted by Gasteiger charge is -2.16. The van der Waals surface area contributed by atoms with Crippen molar-refractivity contribution in [2.75, 3.05) is 13.2 Å². The van der Waals surface area contributed by atoms with Crippen LogP contribution in [0.25, 0.3) is 0 Å². The Morgan fingerprint density at radius 3 is 2.27 bits per heavy atom. The van der Waals surface area contributed by atoms with Crippen LogP contribution in [-0.4, -0.2) is 19.0 Å². The molecule has 0 aliphatic heterocycles. The van der Waals surface area contributed by atoms with Gasteiger partial charge in [-0.1, -0.05) is 20.8 Å². The van der Waals surface area contributed by atoms with Gasteiger partial charge in [0.25, 0.3) is 0 Å². The van der Waals surface area contributed by atoms with Gasteiger partial charge in [-0.3, -0.25) is 4.79 Å². The van der Waals surface area contributed by atoms with Gasteiger partial charge in [0.15, 0.2) is 5.78 Å². The van der Waals surface area contributed by atoms with Crippen molar-refractivity contribution in [3.05, 3.63) is 0 Å². The summed E-state index contributed by atoms with van der Waals surface area (Å²) < 4.78 is 4.99. The second-order valence-electron chi connectivity index (χ2n) is 3.91. The number of carbonyl (C=O) groups excluding carboxylic acids is 1. The molecular weight excluding hydrogens is 140 g/mol. The van der Waals surface area contributed by atoms with Crippen LogP contribution >= 0.6 is 0 Å². The Balaban J connectivity index is 3.53. The zero-order valence-electron chi connectivity index (χ0n) is 7.94. The summed E-state index contributed by atoms with van der Waals surface area (Å²) in [6, 6.07) is 0. The lowest BCUT2D eigenvalue weighted by molar-refractivity contribution is -0.125. The molecule has 0 aromatic carbocycles. The molecule has 0 aliphatic carbocycles. The first kappa shape index (κ1) is 10.6. The molecule has 0 aromatic rings. The zero-order chi connectivity index (χ0) is 8.91. The van der Waals surface area contributed by atoms with Gasteiger partial charge in [-0.25, -0.2) is 0 Å². The van der Waals surface area contributed by atoms with E-state index in [9.17, 15) is 4.79 Å². The molecular formula is C9H18O2. The van der Waals surface area contributed by atoms with Crippen LogP contribution in [-0.2, 0) is 9.53 Å². The van der Waals surface area contributed by atoms with E-state index in [-0.39, 0.29) is 17.8 Å². The van der Waals surface area contributed by atoms with Gasteiger partial charge in [-0.15, -0.1) is 0 Å². The monoisotopic (exact) mass is 158 g/mol. The number of ether oxygens (including phenoxy) is 1. The number of hydrogen-bond donors (Lipinski definition) is 0. The fourth-order valence-electron chi connectivity index (χ4n) is 0.858. The first-order valence-corrected chi connectivity index (χ1v) is 4.05. The van der Waals surface area contributed by atoms with Gasteiger partial charge >= 0.3 is 0 Å². The van der Waals surface area contributed by atoms with E-state index >= 15 is 0 Å². The molecule has 0 amide bonds. The van der Waals surface area contributed by atoms with Gasteiger partial charge in [0.05, 0.1) is 0 Å². The minimum absolute atomic E-state index is 0.0915. The van der Waals surface area contributed by atoms with E-state index in [4.69, 9.17) is 4.74 Å². The lowest BCUT2D eigenvalue weighted by atomic mass is 9.90. The summed E-state index contributed by atoms with van der Waals surface area (Å²) >= 11 is 0. The minimum Gasteiger partial charge on any atom is -0.374 e. The maximum atomic E-state index is 11.1. The van der Waals surface area contributed by atoms with Crippen molar-refractivity contribution in [1.29, 1.82) is 0 Å². The smallest absolute Gasteiger partial charge is 0.158 e. The number of carbonyl (C=O) groups is 1. The van der Waals surface area contributed by atoms with Crippen molar-refractivity contribution in [3.63, 3.8) is 0 Å². The van der Waals surface area contributed by atoms with Gasteiger partial charge in [0.1, 0.15) is 6.61 Å². The third-order valence-corrected chi connectivity index (χ3v) is 1.19. The van der Waals surface area contributed by atoms with Crippen LogP contribution in [0.1, 0.15) is 34.1 Å². The molecule has 0 N–H and O–H groups in total. The summed E-state index contributed by atoms with van der Waals surface area (Å²) in [4.78, 5) is 11.1. The summed E-state index contributed by atoms with van der Waals surface area (Å²) in [7, 11) is 0. The minimum atomic E-state index is 0.0915. The summed E-state index contributed by atoms with van der Waals surface area (Å²) in [6.45, 7) is 8.94. The Morgan fingerprint density at radius 2 is 1.91 bits per heavy atom. The zero-order valence-corrected chi connectivity index (χ0v) is 7.94. The van der Waals surface area contributed by atoms with Gasteiger partial charge in [-0.2, -0.15) is 0 Å². The molecule has 0 rings (SSSR count). The molecule has 0 atom stereocenters. The molecule has 0 heterocycles. The van der Waals surface area contributed by atoms with Gasteiger partial charge in [-0.05, 0) is 12.3 Å². The molecule has 0 saturated carbocycles. The lowest BCUT2D eigenvalue weighted by Crippen LogP contribution is -2.17. The van der Waals surface area contributed by atoms with Crippen molar-refractivity contribution < 1.29 is 9.53 Å². The Bertz CT molecular complexity index is 122. The van der Waals surface area contributed by atoms with Crippen molar-refractivity contribution in [2.45, 2.75) is 34.1 Å². The molecule has 11 heavy (non-hydrogen) atoms. The first-order chi connectivity index (χ1) is 4.95. The van der Waals surface area contributed by atoms with Gasteiger partial charge in [0, 0.05) is 13.0 Å². The van der Waals surface area contributed by atoms with Crippen LogP contribution in [0.4, 0.5) is 0 Å². The first-order valence-electron chi connectivity index (χ1n) is 4.05. The predicted octanol–water partition coefficient (Wildman–Crippen LogP) is 2.03. The topological polar surface area (TPSA) is 26.3 Å². The second-order valence-corrected chi connectivity index (χ2v) is 3.91. The predicted molar refractivity (Wildman–Crippen MR) is 45.6 cm³/mol. The van der Waals surface area contributed by atoms with Crippen molar-refractivity contribution in [3.8, 4) is 0 Å². The number of hydrogen-bond acceptors (Lipinski definition) is 2. The van der Waals surface area contributed by atoms with E-state index in [1.54, 1.807) is 0 Å². The maximum absolute atomic E-state index is 11.1. The summed E-state index contributed by atoms with van der Waals surface area (Å²) in [6.07, 6.45) is 0.604.